The van der Waals surface area contributed by atoms with E-state index in [-0.39, 0.29) is 5.91 Å². The Bertz CT molecular complexity index is 668. The minimum absolute atomic E-state index is 0.171. The first-order valence-electron chi connectivity index (χ1n) is 7.73. The monoisotopic (exact) mass is 375 g/mol. The lowest BCUT2D eigenvalue weighted by atomic mass is 10.1. The van der Waals surface area contributed by atoms with Gasteiger partial charge >= 0.3 is 0 Å². The molecule has 5 heteroatoms. The van der Waals surface area contributed by atoms with Gasteiger partial charge < -0.3 is 10.6 Å². The van der Waals surface area contributed by atoms with E-state index in [9.17, 15) is 4.79 Å². The average molecular weight is 376 g/mol. The summed E-state index contributed by atoms with van der Waals surface area (Å²) in [4.78, 5) is 16.6. The number of carbonyl (C=O) groups is 1. The summed E-state index contributed by atoms with van der Waals surface area (Å²) in [5.41, 5.74) is 2.42. The van der Waals surface area contributed by atoms with Gasteiger partial charge in [0, 0.05) is 17.2 Å². The van der Waals surface area contributed by atoms with E-state index in [1.807, 2.05) is 31.2 Å². The van der Waals surface area contributed by atoms with Gasteiger partial charge in [0.2, 0.25) is 0 Å². The predicted molar refractivity (Wildman–Crippen MR) is 99.0 cm³/mol. The van der Waals surface area contributed by atoms with Crippen molar-refractivity contribution in [1.29, 1.82) is 0 Å². The second-order valence-corrected chi connectivity index (χ2v) is 6.83. The Hall–Kier alpha value is -1.88. The zero-order valence-electron chi connectivity index (χ0n) is 13.7. The molecule has 0 fully saturated rings. The van der Waals surface area contributed by atoms with Crippen molar-refractivity contribution in [1.82, 2.24) is 4.98 Å². The van der Waals surface area contributed by atoms with Crippen LogP contribution in [0, 0.1) is 12.8 Å². The molecule has 0 unspecified atom stereocenters. The lowest BCUT2D eigenvalue weighted by Crippen LogP contribution is -2.13. The highest BCUT2D eigenvalue weighted by Crippen LogP contribution is 2.24. The highest BCUT2D eigenvalue weighted by atomic mass is 79.9. The van der Waals surface area contributed by atoms with Crippen LogP contribution >= 0.6 is 15.9 Å². The Kier molecular flexibility index (Phi) is 6.16. The summed E-state index contributed by atoms with van der Waals surface area (Å²) in [6.45, 7) is 7.26. The van der Waals surface area contributed by atoms with Gasteiger partial charge in [0.05, 0.1) is 11.3 Å². The Balaban J connectivity index is 1.97. The van der Waals surface area contributed by atoms with Crippen molar-refractivity contribution in [2.45, 2.75) is 27.2 Å². The first-order chi connectivity index (χ1) is 11.0. The Morgan fingerprint density at radius 2 is 2.04 bits per heavy atom. The lowest BCUT2D eigenvalue weighted by molar-refractivity contribution is 0.102. The maximum atomic E-state index is 12.3. The molecule has 0 radical (unpaired) electrons. The van der Waals surface area contributed by atoms with E-state index in [1.54, 1.807) is 12.3 Å². The van der Waals surface area contributed by atoms with Crippen LogP contribution in [0.25, 0.3) is 0 Å². The number of halogens is 1. The first kappa shape index (κ1) is 17.5. The number of hydrogen-bond donors (Lipinski definition) is 2. The SMILES string of the molecule is Cc1ccc(NC(=O)c2ccc(NCCC(C)C)nc2)c(Br)c1. The van der Waals surface area contributed by atoms with Crippen LogP contribution in [0.5, 0.6) is 0 Å². The molecule has 2 aromatic rings. The maximum absolute atomic E-state index is 12.3. The molecule has 2 rings (SSSR count). The molecule has 0 saturated heterocycles. The highest BCUT2D eigenvalue weighted by molar-refractivity contribution is 9.10. The van der Waals surface area contributed by atoms with Gasteiger partial charge in [0.1, 0.15) is 5.82 Å². The normalized spacial score (nSPS) is 10.7. The number of hydrogen-bond acceptors (Lipinski definition) is 3. The number of rotatable bonds is 6. The van der Waals surface area contributed by atoms with Crippen molar-refractivity contribution < 1.29 is 4.79 Å². The number of anilines is 2. The number of amides is 1. The van der Waals surface area contributed by atoms with Crippen molar-refractivity contribution in [2.75, 3.05) is 17.2 Å². The van der Waals surface area contributed by atoms with Gasteiger partial charge in [-0.25, -0.2) is 4.98 Å². The molecule has 1 aromatic heterocycles. The van der Waals surface area contributed by atoms with Gasteiger partial charge in [-0.2, -0.15) is 0 Å². The van der Waals surface area contributed by atoms with Gasteiger partial charge in [-0.1, -0.05) is 19.9 Å². The quantitative estimate of drug-likeness (QED) is 0.757. The Labute approximate surface area is 145 Å². The largest absolute Gasteiger partial charge is 0.370 e. The van der Waals surface area contributed by atoms with Crippen LogP contribution in [-0.4, -0.2) is 17.4 Å². The van der Waals surface area contributed by atoms with Crippen LogP contribution in [0.4, 0.5) is 11.5 Å². The van der Waals surface area contributed by atoms with Crippen LogP contribution in [0.3, 0.4) is 0 Å². The molecular weight excluding hydrogens is 354 g/mol. The second-order valence-electron chi connectivity index (χ2n) is 5.98. The van der Waals surface area contributed by atoms with Crippen LogP contribution in [-0.2, 0) is 0 Å². The molecule has 4 nitrogen and oxygen atoms in total. The second kappa shape index (κ2) is 8.11. The molecule has 0 bridgehead atoms. The van der Waals surface area contributed by atoms with Crippen LogP contribution in [0.1, 0.15) is 36.2 Å². The van der Waals surface area contributed by atoms with Crippen LogP contribution in [0.2, 0.25) is 0 Å². The zero-order chi connectivity index (χ0) is 16.8. The molecule has 0 atom stereocenters. The molecule has 0 aliphatic carbocycles. The molecule has 1 amide bonds. The van der Waals surface area contributed by atoms with E-state index in [2.05, 4.69) is 45.4 Å². The summed E-state index contributed by atoms with van der Waals surface area (Å²) in [6.07, 6.45) is 2.68. The molecule has 1 heterocycles. The molecule has 0 aliphatic rings. The van der Waals surface area contributed by atoms with E-state index in [1.165, 1.54) is 0 Å². The fourth-order valence-corrected chi connectivity index (χ4v) is 2.63. The van der Waals surface area contributed by atoms with E-state index in [0.29, 0.717) is 11.5 Å². The van der Waals surface area contributed by atoms with E-state index in [4.69, 9.17) is 0 Å². The summed E-state index contributed by atoms with van der Waals surface area (Å²) in [5, 5.41) is 6.14. The van der Waals surface area contributed by atoms with Gasteiger partial charge in [0.25, 0.3) is 5.91 Å². The van der Waals surface area contributed by atoms with E-state index in [0.717, 1.165) is 34.5 Å². The van der Waals surface area contributed by atoms with Crippen LogP contribution < -0.4 is 10.6 Å². The first-order valence-corrected chi connectivity index (χ1v) is 8.52. The molecule has 122 valence electrons. The Morgan fingerprint density at radius 3 is 2.65 bits per heavy atom. The molecule has 0 spiro atoms. The number of aryl methyl sites for hydroxylation is 1. The topological polar surface area (TPSA) is 54.0 Å². The average Bonchev–Trinajstić information content (AvgIpc) is 2.50. The third-order valence-electron chi connectivity index (χ3n) is 3.43. The molecule has 1 aromatic carbocycles. The molecule has 0 saturated carbocycles. The molecular formula is C18H22BrN3O. The molecule has 2 N–H and O–H groups in total. The minimum Gasteiger partial charge on any atom is -0.370 e. The lowest BCUT2D eigenvalue weighted by Gasteiger charge is -2.10. The molecule has 0 aliphatic heterocycles. The summed E-state index contributed by atoms with van der Waals surface area (Å²) < 4.78 is 0.866. The number of benzene rings is 1. The zero-order valence-corrected chi connectivity index (χ0v) is 15.3. The number of aromatic nitrogens is 1. The van der Waals surface area contributed by atoms with Crippen molar-refractivity contribution in [3.63, 3.8) is 0 Å². The number of nitrogens with one attached hydrogen (secondary N) is 2. The van der Waals surface area contributed by atoms with E-state index >= 15 is 0 Å². The fraction of sp³-hybridized carbons (Fsp3) is 0.333. The molecule has 23 heavy (non-hydrogen) atoms. The van der Waals surface area contributed by atoms with Crippen molar-refractivity contribution in [3.8, 4) is 0 Å². The Morgan fingerprint density at radius 1 is 1.26 bits per heavy atom. The van der Waals surface area contributed by atoms with Crippen molar-refractivity contribution in [3.05, 3.63) is 52.1 Å². The van der Waals surface area contributed by atoms with Crippen molar-refractivity contribution >= 4 is 33.3 Å². The summed E-state index contributed by atoms with van der Waals surface area (Å²) in [6, 6.07) is 9.42. The minimum atomic E-state index is -0.171. The third-order valence-corrected chi connectivity index (χ3v) is 4.08. The smallest absolute Gasteiger partial charge is 0.257 e. The van der Waals surface area contributed by atoms with Gasteiger partial charge in [-0.15, -0.1) is 0 Å². The fourth-order valence-electron chi connectivity index (χ4n) is 2.04. The number of nitrogens with zero attached hydrogens (tertiary/aromatic N) is 1. The van der Waals surface area contributed by atoms with Gasteiger partial charge in [0.15, 0.2) is 0 Å². The van der Waals surface area contributed by atoms with Gasteiger partial charge in [-0.05, 0) is 65.0 Å². The highest BCUT2D eigenvalue weighted by Gasteiger charge is 2.09. The predicted octanol–water partition coefficient (Wildman–Crippen LogP) is 4.86. The standard InChI is InChI=1S/C18H22BrN3O/c1-12(2)8-9-20-17-7-5-14(11-21-17)18(23)22-16-6-4-13(3)10-15(16)19/h4-7,10-12H,8-9H2,1-3H3,(H,20,21)(H,22,23). The number of carbonyl (C=O) groups excluding carboxylic acids is 1. The van der Waals surface area contributed by atoms with E-state index < -0.39 is 0 Å². The summed E-state index contributed by atoms with van der Waals surface area (Å²) in [7, 11) is 0. The maximum Gasteiger partial charge on any atom is 0.257 e. The van der Waals surface area contributed by atoms with Gasteiger partial charge in [-0.3, -0.25) is 4.79 Å². The van der Waals surface area contributed by atoms with Crippen molar-refractivity contribution in [2.24, 2.45) is 5.92 Å². The van der Waals surface area contributed by atoms with Crippen LogP contribution in [0.15, 0.2) is 41.0 Å². The number of pyridine rings is 1. The summed E-state index contributed by atoms with van der Waals surface area (Å²) in [5.74, 6) is 1.27. The summed E-state index contributed by atoms with van der Waals surface area (Å²) >= 11 is 3.46. The third kappa shape index (κ3) is 5.36.